The van der Waals surface area contributed by atoms with Crippen molar-refractivity contribution in [2.45, 2.75) is 46.1 Å². The zero-order chi connectivity index (χ0) is 17.8. The number of nitrogens with one attached hydrogen (secondary N) is 1. The number of hydrogen-bond acceptors (Lipinski definition) is 4. The molecule has 6 heteroatoms. The molecule has 1 aliphatic rings. The molecule has 0 unspecified atom stereocenters. The summed E-state index contributed by atoms with van der Waals surface area (Å²) in [5.41, 5.74) is 1.55. The van der Waals surface area contributed by atoms with Crippen LogP contribution in [-0.4, -0.2) is 24.0 Å². The Kier molecular flexibility index (Phi) is 5.78. The third kappa shape index (κ3) is 4.24. The number of aryl methyl sites for hydroxylation is 2. The molecule has 2 aromatic heterocycles. The van der Waals surface area contributed by atoms with Gasteiger partial charge in [-0.2, -0.15) is 0 Å². The summed E-state index contributed by atoms with van der Waals surface area (Å²) in [7, 11) is 0. The number of aromatic nitrogens is 1. The molecule has 1 N–H and O–H groups in total. The smallest absolute Gasteiger partial charge is 0.256 e. The van der Waals surface area contributed by atoms with Crippen LogP contribution in [0.1, 0.15) is 53.1 Å². The SMILES string of the molecule is Cc1oc(C)c(C(=O)NCc2ccc(N3CCCCCC3)nc2)c1Br. The Balaban J connectivity index is 1.61. The van der Waals surface area contributed by atoms with E-state index >= 15 is 0 Å². The number of rotatable bonds is 4. The van der Waals surface area contributed by atoms with Gasteiger partial charge in [-0.25, -0.2) is 4.98 Å². The Morgan fingerprint density at radius 2 is 1.92 bits per heavy atom. The molecule has 0 saturated carbocycles. The molecule has 0 spiro atoms. The first-order valence-corrected chi connectivity index (χ1v) is 9.59. The first kappa shape index (κ1) is 18.0. The summed E-state index contributed by atoms with van der Waals surface area (Å²) in [6.07, 6.45) is 6.94. The highest BCUT2D eigenvalue weighted by Gasteiger charge is 2.19. The van der Waals surface area contributed by atoms with Crippen LogP contribution < -0.4 is 10.2 Å². The summed E-state index contributed by atoms with van der Waals surface area (Å²) in [5, 5.41) is 2.94. The van der Waals surface area contributed by atoms with E-state index in [0.717, 1.165) is 28.9 Å². The van der Waals surface area contributed by atoms with E-state index in [-0.39, 0.29) is 5.91 Å². The lowest BCUT2D eigenvalue weighted by Crippen LogP contribution is -2.25. The van der Waals surface area contributed by atoms with E-state index in [9.17, 15) is 4.79 Å². The van der Waals surface area contributed by atoms with Crippen molar-refractivity contribution >= 4 is 27.7 Å². The largest absolute Gasteiger partial charge is 0.465 e. The predicted molar refractivity (Wildman–Crippen MR) is 102 cm³/mol. The van der Waals surface area contributed by atoms with Crippen LogP contribution in [0.3, 0.4) is 0 Å². The van der Waals surface area contributed by atoms with E-state index in [1.165, 1.54) is 25.7 Å². The average molecular weight is 406 g/mol. The first-order chi connectivity index (χ1) is 12.1. The first-order valence-electron chi connectivity index (χ1n) is 8.80. The number of anilines is 1. The fraction of sp³-hybridized carbons (Fsp3) is 0.474. The van der Waals surface area contributed by atoms with Crippen molar-refractivity contribution in [3.05, 3.63) is 45.4 Å². The average Bonchev–Trinajstić information content (AvgIpc) is 2.80. The monoisotopic (exact) mass is 405 g/mol. The van der Waals surface area contributed by atoms with Crippen LogP contribution in [0.2, 0.25) is 0 Å². The number of carbonyl (C=O) groups excluding carboxylic acids is 1. The van der Waals surface area contributed by atoms with Crippen LogP contribution in [0.15, 0.2) is 27.2 Å². The summed E-state index contributed by atoms with van der Waals surface area (Å²) < 4.78 is 6.21. The molecule has 3 rings (SSSR count). The Bertz CT molecular complexity index is 732. The molecule has 0 aliphatic carbocycles. The van der Waals surface area contributed by atoms with Gasteiger partial charge in [-0.3, -0.25) is 4.79 Å². The van der Waals surface area contributed by atoms with Crippen molar-refractivity contribution in [2.24, 2.45) is 0 Å². The van der Waals surface area contributed by atoms with Crippen molar-refractivity contribution in [3.8, 4) is 0 Å². The second kappa shape index (κ2) is 8.04. The normalized spacial score (nSPS) is 15.1. The van der Waals surface area contributed by atoms with Crippen molar-refractivity contribution in [2.75, 3.05) is 18.0 Å². The van der Waals surface area contributed by atoms with Gasteiger partial charge in [0, 0.05) is 25.8 Å². The van der Waals surface area contributed by atoms with E-state index in [1.807, 2.05) is 19.2 Å². The zero-order valence-electron chi connectivity index (χ0n) is 14.8. The molecule has 134 valence electrons. The van der Waals surface area contributed by atoms with E-state index in [4.69, 9.17) is 4.42 Å². The van der Waals surface area contributed by atoms with Crippen LogP contribution in [0.5, 0.6) is 0 Å². The molecule has 2 aromatic rings. The maximum Gasteiger partial charge on any atom is 0.256 e. The van der Waals surface area contributed by atoms with Crippen molar-refractivity contribution in [3.63, 3.8) is 0 Å². The topological polar surface area (TPSA) is 58.4 Å². The summed E-state index contributed by atoms with van der Waals surface area (Å²) >= 11 is 3.42. The highest BCUT2D eigenvalue weighted by atomic mass is 79.9. The number of carbonyl (C=O) groups is 1. The molecule has 1 aliphatic heterocycles. The zero-order valence-corrected chi connectivity index (χ0v) is 16.4. The lowest BCUT2D eigenvalue weighted by Gasteiger charge is -2.21. The fourth-order valence-electron chi connectivity index (χ4n) is 3.19. The summed E-state index contributed by atoms with van der Waals surface area (Å²) in [4.78, 5) is 19.3. The summed E-state index contributed by atoms with van der Waals surface area (Å²) in [5.74, 6) is 2.22. The van der Waals surface area contributed by atoms with Gasteiger partial charge in [0.05, 0.1) is 10.0 Å². The minimum atomic E-state index is -0.141. The van der Waals surface area contributed by atoms with Crippen LogP contribution in [0.4, 0.5) is 5.82 Å². The summed E-state index contributed by atoms with van der Waals surface area (Å²) in [6, 6.07) is 4.09. The van der Waals surface area contributed by atoms with Gasteiger partial charge in [0.25, 0.3) is 5.91 Å². The third-order valence-electron chi connectivity index (χ3n) is 4.61. The maximum absolute atomic E-state index is 12.4. The highest BCUT2D eigenvalue weighted by molar-refractivity contribution is 9.10. The van der Waals surface area contributed by atoms with Gasteiger partial charge in [-0.15, -0.1) is 0 Å². The van der Waals surface area contributed by atoms with E-state index in [1.54, 1.807) is 6.92 Å². The summed E-state index contributed by atoms with van der Waals surface area (Å²) in [6.45, 7) is 6.23. The number of nitrogens with zero attached hydrogens (tertiary/aromatic N) is 2. The van der Waals surface area contributed by atoms with Crippen molar-refractivity contribution in [1.82, 2.24) is 10.3 Å². The van der Waals surface area contributed by atoms with E-state index in [2.05, 4.69) is 37.2 Å². The van der Waals surface area contributed by atoms with Gasteiger partial charge in [0.15, 0.2) is 0 Å². The minimum absolute atomic E-state index is 0.141. The maximum atomic E-state index is 12.4. The van der Waals surface area contributed by atoms with Crippen LogP contribution >= 0.6 is 15.9 Å². The lowest BCUT2D eigenvalue weighted by atomic mass is 10.2. The molecular formula is C19H24BrN3O2. The molecule has 1 fully saturated rings. The van der Waals surface area contributed by atoms with Crippen LogP contribution in [-0.2, 0) is 6.54 Å². The predicted octanol–water partition coefficient (Wildman–Crippen LogP) is 4.36. The Morgan fingerprint density at radius 3 is 2.48 bits per heavy atom. The standard InChI is InChI=1S/C19H24BrN3O2/c1-13-17(18(20)14(2)25-13)19(24)22-12-15-7-8-16(21-11-15)23-9-5-3-4-6-10-23/h7-8,11H,3-6,9-10,12H2,1-2H3,(H,22,24). The van der Waals surface area contributed by atoms with Gasteiger partial charge in [0.2, 0.25) is 0 Å². The van der Waals surface area contributed by atoms with Crippen molar-refractivity contribution < 1.29 is 9.21 Å². The molecular weight excluding hydrogens is 382 g/mol. The van der Waals surface area contributed by atoms with Gasteiger partial charge < -0.3 is 14.6 Å². The van der Waals surface area contributed by atoms with Gasteiger partial charge in [-0.05, 0) is 54.2 Å². The van der Waals surface area contributed by atoms with E-state index in [0.29, 0.717) is 23.6 Å². The fourth-order valence-corrected chi connectivity index (χ4v) is 3.73. The minimum Gasteiger partial charge on any atom is -0.465 e. The molecule has 0 aromatic carbocycles. The van der Waals surface area contributed by atoms with Gasteiger partial charge in [0.1, 0.15) is 17.3 Å². The lowest BCUT2D eigenvalue weighted by molar-refractivity contribution is 0.0948. The van der Waals surface area contributed by atoms with Crippen LogP contribution in [0.25, 0.3) is 0 Å². The molecule has 5 nitrogen and oxygen atoms in total. The Morgan fingerprint density at radius 1 is 1.20 bits per heavy atom. The third-order valence-corrected chi connectivity index (χ3v) is 5.56. The van der Waals surface area contributed by atoms with Crippen molar-refractivity contribution in [1.29, 1.82) is 0 Å². The number of pyridine rings is 1. The molecule has 1 saturated heterocycles. The quantitative estimate of drug-likeness (QED) is 0.820. The van der Waals surface area contributed by atoms with Gasteiger partial charge >= 0.3 is 0 Å². The molecule has 3 heterocycles. The Hall–Kier alpha value is -1.82. The van der Waals surface area contributed by atoms with Crippen LogP contribution in [0, 0.1) is 13.8 Å². The number of amides is 1. The number of furan rings is 1. The Labute approximate surface area is 156 Å². The number of hydrogen-bond donors (Lipinski definition) is 1. The number of halogens is 1. The second-order valence-corrected chi connectivity index (χ2v) is 7.31. The molecule has 0 atom stereocenters. The molecule has 0 bridgehead atoms. The highest BCUT2D eigenvalue weighted by Crippen LogP contribution is 2.27. The van der Waals surface area contributed by atoms with E-state index < -0.39 is 0 Å². The molecule has 1 amide bonds. The molecule has 0 radical (unpaired) electrons. The second-order valence-electron chi connectivity index (χ2n) is 6.51. The molecule has 25 heavy (non-hydrogen) atoms. The van der Waals surface area contributed by atoms with Gasteiger partial charge in [-0.1, -0.05) is 18.9 Å².